The molecule has 108 valence electrons. The Kier molecular flexibility index (Phi) is 5.64. The Morgan fingerprint density at radius 2 is 2.32 bits per heavy atom. The Morgan fingerprint density at radius 3 is 2.84 bits per heavy atom. The van der Waals surface area contributed by atoms with Crippen molar-refractivity contribution < 1.29 is 18.6 Å². The predicted molar refractivity (Wildman–Crippen MR) is 65.2 cm³/mol. The quantitative estimate of drug-likeness (QED) is 0.773. The van der Waals surface area contributed by atoms with Gasteiger partial charge in [0, 0.05) is 12.8 Å². The molecule has 1 aliphatic heterocycles. The second-order valence-electron chi connectivity index (χ2n) is 3.75. The van der Waals surface area contributed by atoms with E-state index in [4.69, 9.17) is 15.6 Å². The zero-order chi connectivity index (χ0) is 14.6. The van der Waals surface area contributed by atoms with Gasteiger partial charge >= 0.3 is 5.69 Å². The lowest BCUT2D eigenvalue weighted by Crippen LogP contribution is -2.31. The molecule has 2 heterocycles. The maximum Gasteiger partial charge on any atom is 0.351 e. The van der Waals surface area contributed by atoms with E-state index < -0.39 is 35.8 Å². The van der Waals surface area contributed by atoms with Gasteiger partial charge in [-0.3, -0.25) is 4.57 Å². The van der Waals surface area contributed by atoms with Crippen LogP contribution in [0.3, 0.4) is 0 Å². The average Bonchev–Trinajstić information content (AvgIpc) is 2.77. The molecule has 0 bridgehead atoms. The molecule has 1 fully saturated rings. The number of rotatable bonds is 2. The number of nitrogen functional groups attached to an aromatic ring is 1. The summed E-state index contributed by atoms with van der Waals surface area (Å²) in [7, 11) is 0. The average molecular weight is 298 g/mol. The fourth-order valence-corrected chi connectivity index (χ4v) is 1.70. The molecule has 6 nitrogen and oxygen atoms in total. The van der Waals surface area contributed by atoms with Gasteiger partial charge in [0.25, 0.3) is 0 Å². The first kappa shape index (κ1) is 15.8. The number of anilines is 1. The SMILES string of the molecule is CCl.Nc1nc(=O)n(C2OC(CO)CC2F)cc1F. The predicted octanol–water partition coefficient (Wildman–Crippen LogP) is 0.437. The molecule has 1 saturated heterocycles. The molecule has 0 spiro atoms. The van der Waals surface area contributed by atoms with Gasteiger partial charge in [-0.1, -0.05) is 0 Å². The molecule has 3 N–H and O–H groups in total. The van der Waals surface area contributed by atoms with Gasteiger partial charge in [-0.15, -0.1) is 11.6 Å². The molecule has 1 aliphatic rings. The highest BCUT2D eigenvalue weighted by Crippen LogP contribution is 2.30. The molecule has 0 radical (unpaired) electrons. The van der Waals surface area contributed by atoms with Crippen molar-refractivity contribution in [3.63, 3.8) is 0 Å². The molecule has 0 aliphatic carbocycles. The summed E-state index contributed by atoms with van der Waals surface area (Å²) in [5, 5.41) is 8.83. The minimum absolute atomic E-state index is 0.0560. The van der Waals surface area contributed by atoms with Crippen LogP contribution < -0.4 is 11.4 Å². The van der Waals surface area contributed by atoms with Crippen LogP contribution in [0.2, 0.25) is 0 Å². The number of hydrogen-bond acceptors (Lipinski definition) is 5. The molecule has 19 heavy (non-hydrogen) atoms. The molecular weight excluding hydrogens is 284 g/mol. The topological polar surface area (TPSA) is 90.4 Å². The van der Waals surface area contributed by atoms with Crippen LogP contribution >= 0.6 is 11.6 Å². The maximum atomic E-state index is 13.5. The van der Waals surface area contributed by atoms with Crippen molar-refractivity contribution in [2.24, 2.45) is 0 Å². The van der Waals surface area contributed by atoms with E-state index in [1.54, 1.807) is 0 Å². The minimum Gasteiger partial charge on any atom is -0.394 e. The first-order valence-electron chi connectivity index (χ1n) is 5.35. The number of aliphatic hydroxyl groups excluding tert-OH is 1. The van der Waals surface area contributed by atoms with Crippen molar-refractivity contribution in [1.29, 1.82) is 0 Å². The normalized spacial score (nSPS) is 25.8. The van der Waals surface area contributed by atoms with Crippen LogP contribution in [-0.4, -0.2) is 39.9 Å². The summed E-state index contributed by atoms with van der Waals surface area (Å²) in [4.78, 5) is 14.6. The molecule has 9 heteroatoms. The molecule has 3 atom stereocenters. The van der Waals surface area contributed by atoms with Crippen LogP contribution in [0.4, 0.5) is 14.6 Å². The second-order valence-corrected chi connectivity index (χ2v) is 3.75. The van der Waals surface area contributed by atoms with Crippen LogP contribution in [-0.2, 0) is 4.74 Å². The standard InChI is InChI=1S/C9H11F2N3O3.CH3Cl/c10-5-1-4(3-15)17-8(5)14-2-6(11)7(12)13-9(14)16;1-2/h2,4-5,8,15H,1,3H2,(H2,12,13,16);1H3. The number of hydrogen-bond donors (Lipinski definition) is 2. The Balaban J connectivity index is 0.000000861. The zero-order valence-corrected chi connectivity index (χ0v) is 10.8. The van der Waals surface area contributed by atoms with Crippen LogP contribution in [0.15, 0.2) is 11.0 Å². The van der Waals surface area contributed by atoms with E-state index in [9.17, 15) is 13.6 Å². The highest BCUT2D eigenvalue weighted by atomic mass is 35.5. The Bertz CT molecular complexity index is 486. The fourth-order valence-electron chi connectivity index (χ4n) is 1.70. The molecule has 0 aromatic carbocycles. The molecule has 3 unspecified atom stereocenters. The van der Waals surface area contributed by atoms with E-state index in [2.05, 4.69) is 16.6 Å². The highest BCUT2D eigenvalue weighted by Gasteiger charge is 2.37. The van der Waals surface area contributed by atoms with Crippen molar-refractivity contribution in [3.8, 4) is 0 Å². The first-order valence-corrected chi connectivity index (χ1v) is 6.11. The van der Waals surface area contributed by atoms with Gasteiger partial charge in [0.1, 0.15) is 6.17 Å². The first-order chi connectivity index (χ1) is 9.02. The number of halogens is 3. The van der Waals surface area contributed by atoms with Gasteiger partial charge in [0.2, 0.25) is 0 Å². The summed E-state index contributed by atoms with van der Waals surface area (Å²) in [5.41, 5.74) is 4.21. The van der Waals surface area contributed by atoms with Gasteiger partial charge in [-0.05, 0) is 0 Å². The smallest absolute Gasteiger partial charge is 0.351 e. The summed E-state index contributed by atoms with van der Waals surface area (Å²) in [6, 6.07) is 0. The van der Waals surface area contributed by atoms with E-state index in [1.807, 2.05) is 0 Å². The van der Waals surface area contributed by atoms with Crippen LogP contribution in [0.5, 0.6) is 0 Å². The van der Waals surface area contributed by atoms with E-state index in [0.29, 0.717) is 4.57 Å². The number of nitrogens with zero attached hydrogens (tertiary/aromatic N) is 2. The van der Waals surface area contributed by atoms with Crippen molar-refractivity contribution >= 4 is 17.4 Å². The second kappa shape index (κ2) is 6.78. The third-order valence-electron chi connectivity index (χ3n) is 2.54. The Hall–Kier alpha value is -1.25. The zero-order valence-electron chi connectivity index (χ0n) is 10.1. The molecule has 0 amide bonds. The lowest BCUT2D eigenvalue weighted by atomic mass is 10.2. The number of aromatic nitrogens is 2. The van der Waals surface area contributed by atoms with E-state index in [1.165, 1.54) is 6.38 Å². The van der Waals surface area contributed by atoms with Gasteiger partial charge < -0.3 is 15.6 Å². The van der Waals surface area contributed by atoms with Gasteiger partial charge in [-0.25, -0.2) is 13.6 Å². The molecule has 2 rings (SSSR count). The maximum absolute atomic E-state index is 13.5. The van der Waals surface area contributed by atoms with Gasteiger partial charge in [0.15, 0.2) is 17.9 Å². The van der Waals surface area contributed by atoms with Crippen LogP contribution in [0.1, 0.15) is 12.6 Å². The van der Waals surface area contributed by atoms with Gasteiger partial charge in [-0.2, -0.15) is 4.98 Å². The molecule has 1 aromatic heterocycles. The molecule has 0 saturated carbocycles. The summed E-state index contributed by atoms with van der Waals surface area (Å²) in [5.74, 6) is -1.47. The number of ether oxygens (including phenoxy) is 1. The van der Waals surface area contributed by atoms with E-state index in [-0.39, 0.29) is 13.0 Å². The Morgan fingerprint density at radius 1 is 1.68 bits per heavy atom. The third-order valence-corrected chi connectivity index (χ3v) is 2.54. The lowest BCUT2D eigenvalue weighted by molar-refractivity contribution is -0.0397. The van der Waals surface area contributed by atoms with Gasteiger partial charge in [0.05, 0.1) is 18.9 Å². The molecule has 1 aromatic rings. The molecular formula is C10H14ClF2N3O3. The third kappa shape index (κ3) is 3.40. The van der Waals surface area contributed by atoms with Crippen LogP contribution in [0.25, 0.3) is 0 Å². The van der Waals surface area contributed by atoms with Crippen molar-refractivity contribution in [2.75, 3.05) is 18.7 Å². The van der Waals surface area contributed by atoms with E-state index >= 15 is 0 Å². The van der Waals surface area contributed by atoms with Crippen molar-refractivity contribution in [2.45, 2.75) is 24.9 Å². The largest absolute Gasteiger partial charge is 0.394 e. The fraction of sp³-hybridized carbons (Fsp3) is 0.600. The summed E-state index contributed by atoms with van der Waals surface area (Å²) >= 11 is 4.64. The lowest BCUT2D eigenvalue weighted by Gasteiger charge is -2.16. The van der Waals surface area contributed by atoms with Crippen molar-refractivity contribution in [1.82, 2.24) is 9.55 Å². The summed E-state index contributed by atoms with van der Waals surface area (Å²) in [6.07, 6.45) is -1.32. The van der Waals surface area contributed by atoms with Crippen LogP contribution in [0, 0.1) is 5.82 Å². The number of aliphatic hydroxyl groups is 1. The number of nitrogens with two attached hydrogens (primary N) is 1. The highest BCUT2D eigenvalue weighted by molar-refractivity contribution is 6.15. The minimum atomic E-state index is -1.50. The summed E-state index contributed by atoms with van der Waals surface area (Å²) < 4.78 is 32.5. The number of alkyl halides is 2. The monoisotopic (exact) mass is 297 g/mol. The Labute approximate surface area is 112 Å². The summed E-state index contributed by atoms with van der Waals surface area (Å²) in [6.45, 7) is -0.365. The van der Waals surface area contributed by atoms with E-state index in [0.717, 1.165) is 6.20 Å². The van der Waals surface area contributed by atoms with Crippen molar-refractivity contribution in [3.05, 3.63) is 22.5 Å².